The number of nitrogens with zero attached hydrogens (tertiary/aromatic N) is 1. The van der Waals surface area contributed by atoms with Crippen LogP contribution in [0.25, 0.3) is 10.8 Å². The second-order valence-corrected chi connectivity index (χ2v) is 5.96. The topological polar surface area (TPSA) is 40.5 Å². The molecule has 21 heavy (non-hydrogen) atoms. The number of hydrogen-bond donors (Lipinski definition) is 1. The lowest BCUT2D eigenvalue weighted by Crippen LogP contribution is -2.42. The monoisotopic (exact) mass is 283 g/mol. The van der Waals surface area contributed by atoms with Gasteiger partial charge < -0.3 is 10.0 Å². The van der Waals surface area contributed by atoms with Gasteiger partial charge in [-0.15, -0.1) is 0 Å². The fourth-order valence-electron chi connectivity index (χ4n) is 3.09. The molecule has 3 rings (SSSR count). The van der Waals surface area contributed by atoms with Crippen molar-refractivity contribution in [3.63, 3.8) is 0 Å². The summed E-state index contributed by atoms with van der Waals surface area (Å²) in [6.07, 6.45) is 1.62. The quantitative estimate of drug-likeness (QED) is 0.920. The number of fused-ring (bicyclic) bond motifs is 1. The predicted molar refractivity (Wildman–Crippen MR) is 84.3 cm³/mol. The minimum Gasteiger partial charge on any atom is -0.393 e. The number of amides is 1. The number of benzene rings is 2. The smallest absolute Gasteiger partial charge is 0.253 e. The fraction of sp³-hybridized carbons (Fsp3) is 0.389. The summed E-state index contributed by atoms with van der Waals surface area (Å²) in [5.74, 6) is 0.272. The molecule has 3 heteroatoms. The standard InChI is InChI=1S/C18H21NO2/c1-13(20)17-7-4-10-19(12-17)18(21)16-9-8-14-5-2-3-6-15(14)11-16/h2-3,5-6,8-9,11,13,17,20H,4,7,10,12H2,1H3. The van der Waals surface area contributed by atoms with Crippen molar-refractivity contribution >= 4 is 16.7 Å². The number of hydrogen-bond acceptors (Lipinski definition) is 2. The summed E-state index contributed by atoms with van der Waals surface area (Å²) in [6.45, 7) is 3.26. The van der Waals surface area contributed by atoms with Crippen molar-refractivity contribution in [3.8, 4) is 0 Å². The number of carbonyl (C=O) groups excluding carboxylic acids is 1. The molecular weight excluding hydrogens is 262 g/mol. The van der Waals surface area contributed by atoms with Crippen molar-refractivity contribution < 1.29 is 9.90 Å². The van der Waals surface area contributed by atoms with Crippen LogP contribution in [0.2, 0.25) is 0 Å². The molecule has 110 valence electrons. The molecule has 1 fully saturated rings. The highest BCUT2D eigenvalue weighted by molar-refractivity contribution is 5.98. The van der Waals surface area contributed by atoms with Crippen molar-refractivity contribution in [3.05, 3.63) is 48.0 Å². The van der Waals surface area contributed by atoms with Crippen molar-refractivity contribution in [2.75, 3.05) is 13.1 Å². The number of rotatable bonds is 2. The summed E-state index contributed by atoms with van der Waals surface area (Å²) in [6, 6.07) is 13.9. The molecule has 3 nitrogen and oxygen atoms in total. The van der Waals surface area contributed by atoms with E-state index in [0.29, 0.717) is 6.54 Å². The van der Waals surface area contributed by atoms with Crippen LogP contribution in [0.15, 0.2) is 42.5 Å². The molecule has 0 aliphatic carbocycles. The van der Waals surface area contributed by atoms with Gasteiger partial charge in [0, 0.05) is 24.6 Å². The van der Waals surface area contributed by atoms with E-state index in [9.17, 15) is 9.90 Å². The van der Waals surface area contributed by atoms with Crippen LogP contribution in [0.3, 0.4) is 0 Å². The minimum absolute atomic E-state index is 0.0751. The molecule has 0 radical (unpaired) electrons. The fourth-order valence-corrected chi connectivity index (χ4v) is 3.09. The van der Waals surface area contributed by atoms with Crippen LogP contribution in [0.1, 0.15) is 30.1 Å². The van der Waals surface area contributed by atoms with E-state index in [2.05, 4.69) is 0 Å². The third-order valence-corrected chi connectivity index (χ3v) is 4.42. The summed E-state index contributed by atoms with van der Waals surface area (Å²) in [7, 11) is 0. The zero-order valence-corrected chi connectivity index (χ0v) is 12.3. The van der Waals surface area contributed by atoms with Crippen LogP contribution >= 0.6 is 0 Å². The first-order valence-corrected chi connectivity index (χ1v) is 7.61. The van der Waals surface area contributed by atoms with Gasteiger partial charge in [0.25, 0.3) is 5.91 Å². The molecule has 1 N–H and O–H groups in total. The third kappa shape index (κ3) is 2.93. The number of aliphatic hydroxyl groups excluding tert-OH is 1. The Labute approximate surface area is 125 Å². The highest BCUT2D eigenvalue weighted by Gasteiger charge is 2.27. The molecule has 1 amide bonds. The Morgan fingerprint density at radius 1 is 1.24 bits per heavy atom. The van der Waals surface area contributed by atoms with Crippen LogP contribution in [-0.4, -0.2) is 35.1 Å². The average molecular weight is 283 g/mol. The van der Waals surface area contributed by atoms with E-state index in [1.807, 2.05) is 54.3 Å². The van der Waals surface area contributed by atoms with Gasteiger partial charge in [0.05, 0.1) is 6.10 Å². The summed E-state index contributed by atoms with van der Waals surface area (Å²) in [4.78, 5) is 14.5. The molecule has 2 unspecified atom stereocenters. The molecule has 2 aromatic rings. The number of aliphatic hydroxyl groups is 1. The lowest BCUT2D eigenvalue weighted by molar-refractivity contribution is 0.0466. The van der Waals surface area contributed by atoms with E-state index in [0.717, 1.165) is 35.7 Å². The van der Waals surface area contributed by atoms with Gasteiger partial charge >= 0.3 is 0 Å². The molecule has 1 aliphatic rings. The molecule has 0 saturated carbocycles. The van der Waals surface area contributed by atoms with Crippen LogP contribution in [0, 0.1) is 5.92 Å². The largest absolute Gasteiger partial charge is 0.393 e. The lowest BCUT2D eigenvalue weighted by atomic mass is 9.93. The highest BCUT2D eigenvalue weighted by atomic mass is 16.3. The maximum absolute atomic E-state index is 12.7. The Hall–Kier alpha value is -1.87. The Morgan fingerprint density at radius 2 is 2.00 bits per heavy atom. The first-order chi connectivity index (χ1) is 10.1. The second kappa shape index (κ2) is 5.86. The predicted octanol–water partition coefficient (Wildman–Crippen LogP) is 3.07. The Morgan fingerprint density at radius 3 is 2.76 bits per heavy atom. The molecule has 0 bridgehead atoms. The molecule has 1 saturated heterocycles. The molecule has 1 heterocycles. The summed E-state index contributed by atoms with van der Waals surface area (Å²) >= 11 is 0. The Bertz CT molecular complexity index is 650. The first-order valence-electron chi connectivity index (χ1n) is 7.61. The van der Waals surface area contributed by atoms with Gasteiger partial charge in [0.15, 0.2) is 0 Å². The van der Waals surface area contributed by atoms with Gasteiger partial charge in [-0.1, -0.05) is 30.3 Å². The molecular formula is C18H21NO2. The van der Waals surface area contributed by atoms with E-state index in [-0.39, 0.29) is 17.9 Å². The van der Waals surface area contributed by atoms with Crippen molar-refractivity contribution in [1.82, 2.24) is 4.90 Å². The maximum atomic E-state index is 12.7. The zero-order valence-electron chi connectivity index (χ0n) is 12.3. The van der Waals surface area contributed by atoms with E-state index < -0.39 is 0 Å². The molecule has 1 aliphatic heterocycles. The Kier molecular flexibility index (Phi) is 3.93. The molecule has 2 atom stereocenters. The van der Waals surface area contributed by atoms with Crippen LogP contribution in [0.5, 0.6) is 0 Å². The van der Waals surface area contributed by atoms with Gasteiger partial charge in [-0.25, -0.2) is 0 Å². The lowest BCUT2D eigenvalue weighted by Gasteiger charge is -2.34. The van der Waals surface area contributed by atoms with Gasteiger partial charge in [0.1, 0.15) is 0 Å². The number of likely N-dealkylation sites (tertiary alicyclic amines) is 1. The number of piperidine rings is 1. The first kappa shape index (κ1) is 14.1. The molecule has 0 spiro atoms. The summed E-state index contributed by atoms with van der Waals surface area (Å²) < 4.78 is 0. The van der Waals surface area contributed by atoms with Gasteiger partial charge in [-0.05, 0) is 42.7 Å². The van der Waals surface area contributed by atoms with Gasteiger partial charge in [-0.3, -0.25) is 4.79 Å². The van der Waals surface area contributed by atoms with Gasteiger partial charge in [0.2, 0.25) is 0 Å². The summed E-state index contributed by atoms with van der Waals surface area (Å²) in [5, 5.41) is 12.0. The zero-order chi connectivity index (χ0) is 14.8. The maximum Gasteiger partial charge on any atom is 0.253 e. The van der Waals surface area contributed by atoms with Crippen LogP contribution < -0.4 is 0 Å². The summed E-state index contributed by atoms with van der Waals surface area (Å²) in [5.41, 5.74) is 0.736. The van der Waals surface area contributed by atoms with Crippen LogP contribution in [-0.2, 0) is 0 Å². The Balaban J connectivity index is 1.82. The second-order valence-electron chi connectivity index (χ2n) is 5.96. The third-order valence-electron chi connectivity index (χ3n) is 4.42. The minimum atomic E-state index is -0.350. The van der Waals surface area contributed by atoms with E-state index in [4.69, 9.17) is 0 Å². The molecule has 0 aromatic heterocycles. The SMILES string of the molecule is CC(O)C1CCCN(C(=O)c2ccc3ccccc3c2)C1. The van der Waals surface area contributed by atoms with Crippen molar-refractivity contribution in [2.45, 2.75) is 25.9 Å². The van der Waals surface area contributed by atoms with Crippen LogP contribution in [0.4, 0.5) is 0 Å². The van der Waals surface area contributed by atoms with E-state index in [1.165, 1.54) is 0 Å². The van der Waals surface area contributed by atoms with Gasteiger partial charge in [-0.2, -0.15) is 0 Å². The van der Waals surface area contributed by atoms with Crippen molar-refractivity contribution in [1.29, 1.82) is 0 Å². The average Bonchev–Trinajstić information content (AvgIpc) is 2.53. The van der Waals surface area contributed by atoms with E-state index in [1.54, 1.807) is 0 Å². The number of carbonyl (C=O) groups is 1. The highest BCUT2D eigenvalue weighted by Crippen LogP contribution is 2.23. The normalized spacial score (nSPS) is 20.5. The molecule has 2 aromatic carbocycles. The van der Waals surface area contributed by atoms with Crippen molar-refractivity contribution in [2.24, 2.45) is 5.92 Å². The van der Waals surface area contributed by atoms with E-state index >= 15 is 0 Å².